The minimum Gasteiger partial charge on any atom is -0.359 e. The van der Waals surface area contributed by atoms with E-state index < -0.39 is 0 Å². The van der Waals surface area contributed by atoms with Gasteiger partial charge in [-0.1, -0.05) is 49.6 Å². The van der Waals surface area contributed by atoms with E-state index in [0.717, 1.165) is 18.5 Å². The van der Waals surface area contributed by atoms with Gasteiger partial charge in [-0.3, -0.25) is 4.99 Å². The van der Waals surface area contributed by atoms with Crippen LogP contribution in [-0.2, 0) is 0 Å². The highest BCUT2D eigenvalue weighted by molar-refractivity contribution is 5.67. The lowest BCUT2D eigenvalue weighted by molar-refractivity contribution is 0.429. The van der Waals surface area contributed by atoms with Crippen molar-refractivity contribution in [2.75, 3.05) is 0 Å². The highest BCUT2D eigenvalue weighted by Gasteiger charge is 2.47. The maximum Gasteiger partial charge on any atom is 0.112 e. The molecule has 1 N–H and O–H groups in total. The minimum atomic E-state index is -0.201. The Labute approximate surface area is 152 Å². The molecule has 0 amide bonds. The van der Waals surface area contributed by atoms with Crippen LogP contribution >= 0.6 is 0 Å². The van der Waals surface area contributed by atoms with E-state index in [1.54, 1.807) is 0 Å². The molecule has 25 heavy (non-hydrogen) atoms. The Morgan fingerprint density at radius 3 is 2.80 bits per heavy atom. The molecule has 1 aliphatic heterocycles. The van der Waals surface area contributed by atoms with Crippen molar-refractivity contribution >= 4 is 6.21 Å². The summed E-state index contributed by atoms with van der Waals surface area (Å²) in [5.41, 5.74) is 6.45. The standard InChI is InChI=1S/C23H30N2/c1-4-20-19-12-16(2)14-23(20,24-15-18-8-6-5-7-9-18)21-11-10-17(3)25-22(21)13-19/h4,10-12,15,18-19,25H,3,5-9,13-14H2,1-2H3/b20-4+,24-15-. The Balaban J connectivity index is 1.79. The largest absolute Gasteiger partial charge is 0.359 e. The van der Waals surface area contributed by atoms with Crippen molar-refractivity contribution in [1.82, 2.24) is 5.32 Å². The Bertz CT molecular complexity index is 725. The van der Waals surface area contributed by atoms with Crippen molar-refractivity contribution in [2.45, 2.75) is 64.3 Å². The zero-order valence-electron chi connectivity index (χ0n) is 15.6. The zero-order valence-corrected chi connectivity index (χ0v) is 15.6. The maximum atomic E-state index is 5.36. The molecule has 2 heteroatoms. The van der Waals surface area contributed by atoms with Gasteiger partial charge in [0.2, 0.25) is 0 Å². The van der Waals surface area contributed by atoms with Crippen LogP contribution in [0.2, 0.25) is 0 Å². The first kappa shape index (κ1) is 16.6. The van der Waals surface area contributed by atoms with E-state index in [9.17, 15) is 0 Å². The average molecular weight is 335 g/mol. The molecule has 0 saturated heterocycles. The molecule has 0 radical (unpaired) electrons. The Hall–Kier alpha value is -1.83. The quantitative estimate of drug-likeness (QED) is 0.514. The topological polar surface area (TPSA) is 24.4 Å². The first-order valence-electron chi connectivity index (χ1n) is 9.89. The van der Waals surface area contributed by atoms with Crippen LogP contribution < -0.4 is 5.32 Å². The molecule has 2 atom stereocenters. The van der Waals surface area contributed by atoms with E-state index in [1.165, 1.54) is 54.5 Å². The second-order valence-corrected chi connectivity index (χ2v) is 8.16. The third-order valence-electron chi connectivity index (χ3n) is 6.32. The lowest BCUT2D eigenvalue weighted by Gasteiger charge is -2.47. The Kier molecular flexibility index (Phi) is 4.31. The molecule has 1 saturated carbocycles. The molecule has 0 aromatic rings. The highest BCUT2D eigenvalue weighted by atomic mass is 15.0. The van der Waals surface area contributed by atoms with Gasteiger partial charge in [0.15, 0.2) is 0 Å². The van der Waals surface area contributed by atoms with Crippen molar-refractivity contribution in [3.05, 3.63) is 59.0 Å². The van der Waals surface area contributed by atoms with Crippen LogP contribution in [0.3, 0.4) is 0 Å². The minimum absolute atomic E-state index is 0.201. The van der Waals surface area contributed by atoms with Gasteiger partial charge in [-0.15, -0.1) is 0 Å². The summed E-state index contributed by atoms with van der Waals surface area (Å²) in [4.78, 5) is 5.36. The number of fused-ring (bicyclic) bond motifs is 3. The van der Waals surface area contributed by atoms with Gasteiger partial charge in [0, 0.05) is 35.5 Å². The molecular formula is C23H30N2. The van der Waals surface area contributed by atoms with Crippen LogP contribution in [0, 0.1) is 11.8 Å². The highest BCUT2D eigenvalue weighted by Crippen LogP contribution is 2.52. The van der Waals surface area contributed by atoms with Crippen molar-refractivity contribution < 1.29 is 0 Å². The van der Waals surface area contributed by atoms with Crippen molar-refractivity contribution in [3.8, 4) is 0 Å². The number of hydrogen-bond acceptors (Lipinski definition) is 2. The van der Waals surface area contributed by atoms with E-state index >= 15 is 0 Å². The van der Waals surface area contributed by atoms with Crippen LogP contribution in [0.1, 0.15) is 58.8 Å². The van der Waals surface area contributed by atoms with Gasteiger partial charge in [0.1, 0.15) is 5.54 Å². The molecular weight excluding hydrogens is 304 g/mol. The first-order valence-corrected chi connectivity index (χ1v) is 9.89. The molecule has 3 aliphatic carbocycles. The molecule has 0 spiro atoms. The number of allylic oxidation sites excluding steroid dienone is 4. The molecule has 4 aliphatic rings. The molecule has 1 fully saturated rings. The number of aliphatic imine (C=N–C) groups is 1. The van der Waals surface area contributed by atoms with Gasteiger partial charge in [-0.25, -0.2) is 0 Å². The maximum absolute atomic E-state index is 5.36. The Morgan fingerprint density at radius 2 is 2.04 bits per heavy atom. The number of dihydropyridines is 1. The summed E-state index contributed by atoms with van der Waals surface area (Å²) >= 11 is 0. The van der Waals surface area contributed by atoms with Gasteiger partial charge in [0.25, 0.3) is 0 Å². The van der Waals surface area contributed by atoms with Gasteiger partial charge in [-0.05, 0) is 50.7 Å². The summed E-state index contributed by atoms with van der Waals surface area (Å²) in [6.45, 7) is 8.55. The lowest BCUT2D eigenvalue weighted by atomic mass is 9.62. The number of hydrogen-bond donors (Lipinski definition) is 1. The molecule has 2 bridgehead atoms. The van der Waals surface area contributed by atoms with Gasteiger partial charge >= 0.3 is 0 Å². The fourth-order valence-electron chi connectivity index (χ4n) is 5.24. The van der Waals surface area contributed by atoms with Crippen LogP contribution in [0.25, 0.3) is 0 Å². The first-order chi connectivity index (χ1) is 12.1. The third-order valence-corrected chi connectivity index (χ3v) is 6.32. The third kappa shape index (κ3) is 2.86. The zero-order chi connectivity index (χ0) is 17.4. The molecule has 0 aromatic heterocycles. The molecule has 0 aromatic carbocycles. The summed E-state index contributed by atoms with van der Waals surface area (Å²) in [7, 11) is 0. The van der Waals surface area contributed by atoms with Crippen molar-refractivity contribution in [1.29, 1.82) is 0 Å². The molecule has 2 nitrogen and oxygen atoms in total. The summed E-state index contributed by atoms with van der Waals surface area (Å²) in [5.74, 6) is 1.13. The fourth-order valence-corrected chi connectivity index (χ4v) is 5.24. The molecule has 4 rings (SSSR count). The van der Waals surface area contributed by atoms with Crippen LogP contribution in [0.5, 0.6) is 0 Å². The van der Waals surface area contributed by atoms with Crippen molar-refractivity contribution in [3.63, 3.8) is 0 Å². The van der Waals surface area contributed by atoms with E-state index in [2.05, 4.69) is 56.3 Å². The molecule has 2 unspecified atom stereocenters. The lowest BCUT2D eigenvalue weighted by Crippen LogP contribution is -2.44. The van der Waals surface area contributed by atoms with Crippen LogP contribution in [0.15, 0.2) is 64.0 Å². The predicted octanol–water partition coefficient (Wildman–Crippen LogP) is 5.62. The second kappa shape index (κ2) is 6.48. The van der Waals surface area contributed by atoms with Crippen molar-refractivity contribution in [2.24, 2.45) is 16.8 Å². The SMILES string of the molecule is C=C1C=CC2=C(CC3C=C(C)CC2(/N=C\C2CCCCC2)/C3=C/C)N1. The molecule has 1 heterocycles. The number of nitrogens with zero attached hydrogens (tertiary/aromatic N) is 1. The monoisotopic (exact) mass is 334 g/mol. The van der Waals surface area contributed by atoms with Gasteiger partial charge in [0.05, 0.1) is 0 Å². The van der Waals surface area contributed by atoms with Crippen LogP contribution in [0.4, 0.5) is 0 Å². The summed E-state index contributed by atoms with van der Waals surface area (Å²) in [5, 5.41) is 3.54. The molecule has 132 valence electrons. The number of rotatable bonds is 2. The van der Waals surface area contributed by atoms with E-state index in [-0.39, 0.29) is 5.54 Å². The Morgan fingerprint density at radius 1 is 1.24 bits per heavy atom. The van der Waals surface area contributed by atoms with E-state index in [0.29, 0.717) is 11.8 Å². The van der Waals surface area contributed by atoms with E-state index in [4.69, 9.17) is 4.99 Å². The summed E-state index contributed by atoms with van der Waals surface area (Å²) in [6.07, 6.45) is 20.2. The second-order valence-electron chi connectivity index (χ2n) is 8.16. The van der Waals surface area contributed by atoms with Crippen LogP contribution in [-0.4, -0.2) is 11.8 Å². The average Bonchev–Trinajstić information content (AvgIpc) is 2.60. The van der Waals surface area contributed by atoms with Gasteiger partial charge < -0.3 is 5.32 Å². The summed E-state index contributed by atoms with van der Waals surface area (Å²) in [6, 6.07) is 0. The fraction of sp³-hybridized carbons (Fsp3) is 0.522. The predicted molar refractivity (Wildman–Crippen MR) is 106 cm³/mol. The smallest absolute Gasteiger partial charge is 0.112 e. The van der Waals surface area contributed by atoms with Gasteiger partial charge in [-0.2, -0.15) is 0 Å². The summed E-state index contributed by atoms with van der Waals surface area (Å²) < 4.78 is 0. The van der Waals surface area contributed by atoms with E-state index in [1.807, 2.05) is 0 Å². The number of nitrogens with one attached hydrogen (secondary N) is 1. The normalized spacial score (nSPS) is 34.3.